The Hall–Kier alpha value is -2.00. The zero-order chi connectivity index (χ0) is 13.4. The number of ether oxygens (including phenoxy) is 2. The summed E-state index contributed by atoms with van der Waals surface area (Å²) in [5.74, 6) is 0.422. The van der Waals surface area contributed by atoms with Crippen LogP contribution in [0.1, 0.15) is 27.6 Å². The molecular formula is C15H11ClO3. The molecule has 2 aromatic rings. The fourth-order valence-corrected chi connectivity index (χ4v) is 2.50. The van der Waals surface area contributed by atoms with Crippen LogP contribution in [0.15, 0.2) is 42.5 Å². The molecule has 0 aromatic heterocycles. The third-order valence-corrected chi connectivity index (χ3v) is 3.51. The molecule has 4 heteroatoms. The van der Waals surface area contributed by atoms with Crippen molar-refractivity contribution in [2.45, 2.75) is 6.10 Å². The molecule has 1 aliphatic heterocycles. The number of carbonyl (C=O) groups is 1. The summed E-state index contributed by atoms with van der Waals surface area (Å²) in [6, 6.07) is 12.6. The van der Waals surface area contributed by atoms with Crippen LogP contribution in [0.4, 0.5) is 0 Å². The third kappa shape index (κ3) is 1.96. The van der Waals surface area contributed by atoms with Crippen LogP contribution in [0.3, 0.4) is 0 Å². The molecule has 0 saturated carbocycles. The quantitative estimate of drug-likeness (QED) is 0.785. The highest BCUT2D eigenvalue weighted by Crippen LogP contribution is 2.40. The molecule has 0 radical (unpaired) electrons. The number of hydrogen-bond acceptors (Lipinski definition) is 3. The SMILES string of the molecule is COc1ccc(C2OC(=O)c3cccc(Cl)c32)cc1. The monoisotopic (exact) mass is 274 g/mol. The smallest absolute Gasteiger partial charge is 0.339 e. The summed E-state index contributed by atoms with van der Waals surface area (Å²) in [7, 11) is 1.61. The van der Waals surface area contributed by atoms with E-state index in [4.69, 9.17) is 21.1 Å². The van der Waals surface area contributed by atoms with Crippen molar-refractivity contribution in [2.75, 3.05) is 7.11 Å². The summed E-state index contributed by atoms with van der Waals surface area (Å²) in [5, 5.41) is 0.546. The molecule has 3 rings (SSSR count). The Kier molecular flexibility index (Phi) is 2.91. The molecule has 0 aliphatic carbocycles. The predicted molar refractivity (Wildman–Crippen MR) is 71.7 cm³/mol. The molecule has 3 nitrogen and oxygen atoms in total. The van der Waals surface area contributed by atoms with Gasteiger partial charge in [-0.15, -0.1) is 0 Å². The minimum atomic E-state index is -0.442. The van der Waals surface area contributed by atoms with Crippen molar-refractivity contribution in [1.82, 2.24) is 0 Å². The number of halogens is 1. The van der Waals surface area contributed by atoms with Crippen molar-refractivity contribution >= 4 is 17.6 Å². The van der Waals surface area contributed by atoms with Crippen LogP contribution in [0, 0.1) is 0 Å². The van der Waals surface area contributed by atoms with E-state index in [1.807, 2.05) is 24.3 Å². The van der Waals surface area contributed by atoms with Gasteiger partial charge in [-0.1, -0.05) is 29.8 Å². The first kappa shape index (κ1) is 12.1. The van der Waals surface area contributed by atoms with E-state index >= 15 is 0 Å². The van der Waals surface area contributed by atoms with Crippen LogP contribution < -0.4 is 4.74 Å². The molecule has 96 valence electrons. The highest BCUT2D eigenvalue weighted by Gasteiger charge is 2.33. The van der Waals surface area contributed by atoms with Crippen LogP contribution in [0.25, 0.3) is 0 Å². The van der Waals surface area contributed by atoms with Crippen LogP contribution in [0.5, 0.6) is 5.75 Å². The fourth-order valence-electron chi connectivity index (χ4n) is 2.22. The second-order valence-electron chi connectivity index (χ2n) is 4.26. The molecule has 0 fully saturated rings. The van der Waals surface area contributed by atoms with Crippen LogP contribution in [-0.2, 0) is 4.74 Å². The number of esters is 1. The van der Waals surface area contributed by atoms with Gasteiger partial charge in [0.05, 0.1) is 12.7 Å². The number of fused-ring (bicyclic) bond motifs is 1. The van der Waals surface area contributed by atoms with E-state index < -0.39 is 6.10 Å². The van der Waals surface area contributed by atoms with E-state index in [-0.39, 0.29) is 5.97 Å². The minimum Gasteiger partial charge on any atom is -0.497 e. The first-order valence-corrected chi connectivity index (χ1v) is 6.22. The number of rotatable bonds is 2. The molecule has 2 aromatic carbocycles. The average molecular weight is 275 g/mol. The minimum absolute atomic E-state index is 0.335. The molecule has 0 spiro atoms. The van der Waals surface area contributed by atoms with Gasteiger partial charge >= 0.3 is 5.97 Å². The zero-order valence-corrected chi connectivity index (χ0v) is 11.0. The van der Waals surface area contributed by atoms with Gasteiger partial charge in [0.25, 0.3) is 0 Å². The predicted octanol–water partition coefficient (Wildman–Crippen LogP) is 3.61. The maximum absolute atomic E-state index is 11.8. The number of cyclic esters (lactones) is 1. The molecule has 0 bridgehead atoms. The van der Waals surface area contributed by atoms with E-state index in [1.165, 1.54) is 0 Å². The lowest BCUT2D eigenvalue weighted by Crippen LogP contribution is -2.01. The van der Waals surface area contributed by atoms with Crippen molar-refractivity contribution < 1.29 is 14.3 Å². The van der Waals surface area contributed by atoms with Gasteiger partial charge < -0.3 is 9.47 Å². The number of methoxy groups -OCH3 is 1. The van der Waals surface area contributed by atoms with Gasteiger partial charge in [0.1, 0.15) is 5.75 Å². The summed E-state index contributed by atoms with van der Waals surface area (Å²) in [6.07, 6.45) is -0.442. The van der Waals surface area contributed by atoms with Crippen molar-refractivity contribution in [3.05, 3.63) is 64.2 Å². The lowest BCUT2D eigenvalue weighted by Gasteiger charge is -2.12. The summed E-state index contributed by atoms with van der Waals surface area (Å²) in [6.45, 7) is 0. The van der Waals surface area contributed by atoms with Crippen LogP contribution in [-0.4, -0.2) is 13.1 Å². The molecule has 1 atom stereocenters. The van der Waals surface area contributed by atoms with Gasteiger partial charge in [-0.25, -0.2) is 4.79 Å². The first-order chi connectivity index (χ1) is 9.20. The first-order valence-electron chi connectivity index (χ1n) is 5.84. The molecule has 1 heterocycles. The Labute approximate surface area is 115 Å². The maximum atomic E-state index is 11.8. The Morgan fingerprint density at radius 2 is 1.89 bits per heavy atom. The highest BCUT2D eigenvalue weighted by atomic mass is 35.5. The fraction of sp³-hybridized carbons (Fsp3) is 0.133. The van der Waals surface area contributed by atoms with Crippen LogP contribution >= 0.6 is 11.6 Å². The molecule has 0 N–H and O–H groups in total. The molecule has 0 saturated heterocycles. The number of carbonyl (C=O) groups excluding carboxylic acids is 1. The second-order valence-corrected chi connectivity index (χ2v) is 4.67. The van der Waals surface area contributed by atoms with Crippen molar-refractivity contribution in [1.29, 1.82) is 0 Å². The summed E-state index contributed by atoms with van der Waals surface area (Å²) < 4.78 is 10.5. The van der Waals surface area contributed by atoms with E-state index in [1.54, 1.807) is 25.3 Å². The van der Waals surface area contributed by atoms with Gasteiger partial charge in [0.15, 0.2) is 6.10 Å². The van der Waals surface area contributed by atoms with Gasteiger partial charge in [0, 0.05) is 10.6 Å². The van der Waals surface area contributed by atoms with Crippen molar-refractivity contribution in [3.63, 3.8) is 0 Å². The zero-order valence-electron chi connectivity index (χ0n) is 10.2. The Morgan fingerprint density at radius 1 is 1.16 bits per heavy atom. The number of benzene rings is 2. The van der Waals surface area contributed by atoms with Crippen molar-refractivity contribution in [3.8, 4) is 5.75 Å². The van der Waals surface area contributed by atoms with Gasteiger partial charge in [0.2, 0.25) is 0 Å². The largest absolute Gasteiger partial charge is 0.497 e. The average Bonchev–Trinajstić information content (AvgIpc) is 2.78. The highest BCUT2D eigenvalue weighted by molar-refractivity contribution is 6.32. The number of hydrogen-bond donors (Lipinski definition) is 0. The molecule has 1 unspecified atom stereocenters. The van der Waals surface area contributed by atoms with Gasteiger partial charge in [-0.2, -0.15) is 0 Å². The van der Waals surface area contributed by atoms with Crippen molar-refractivity contribution in [2.24, 2.45) is 0 Å². The standard InChI is InChI=1S/C15H11ClO3/c1-18-10-7-5-9(6-8-10)14-13-11(15(17)19-14)3-2-4-12(13)16/h2-8,14H,1H3. The molecule has 1 aliphatic rings. The summed E-state index contributed by atoms with van der Waals surface area (Å²) in [5.41, 5.74) is 2.15. The Balaban J connectivity index is 2.06. The lowest BCUT2D eigenvalue weighted by atomic mass is 9.99. The van der Waals surface area contributed by atoms with E-state index in [2.05, 4.69) is 0 Å². The topological polar surface area (TPSA) is 35.5 Å². The second kappa shape index (κ2) is 4.59. The third-order valence-electron chi connectivity index (χ3n) is 3.18. The molecule has 0 amide bonds. The van der Waals surface area contributed by atoms with Crippen LogP contribution in [0.2, 0.25) is 5.02 Å². The normalized spacial score (nSPS) is 16.9. The molecule has 19 heavy (non-hydrogen) atoms. The Bertz CT molecular complexity index is 634. The van der Waals surface area contributed by atoms with E-state index in [9.17, 15) is 4.79 Å². The summed E-state index contributed by atoms with van der Waals surface area (Å²) in [4.78, 5) is 11.8. The lowest BCUT2D eigenvalue weighted by molar-refractivity contribution is 0.0456. The Morgan fingerprint density at radius 3 is 2.58 bits per heavy atom. The summed E-state index contributed by atoms with van der Waals surface area (Å²) >= 11 is 6.18. The molecular weight excluding hydrogens is 264 g/mol. The van der Waals surface area contributed by atoms with Gasteiger partial charge in [-0.3, -0.25) is 0 Å². The van der Waals surface area contributed by atoms with E-state index in [0.29, 0.717) is 10.6 Å². The van der Waals surface area contributed by atoms with E-state index in [0.717, 1.165) is 16.9 Å². The maximum Gasteiger partial charge on any atom is 0.339 e. The van der Waals surface area contributed by atoms with Gasteiger partial charge in [-0.05, 0) is 29.8 Å².